The molecule has 5 nitrogen and oxygen atoms in total. The summed E-state index contributed by atoms with van der Waals surface area (Å²) in [4.78, 5) is 15.9. The standard InChI is InChI=1S/C14H13Cl2N3O2/c1-2-21-14(20)11-3-4-18-13(12(11)17)19-10-6-8(15)5-9(16)7-10/h3-7H,2,17H2,1H3,(H,18,19). The maximum atomic E-state index is 11.8. The van der Waals surface area contributed by atoms with Gasteiger partial charge in [0, 0.05) is 21.9 Å². The monoisotopic (exact) mass is 325 g/mol. The van der Waals surface area contributed by atoms with E-state index in [9.17, 15) is 4.79 Å². The molecular weight excluding hydrogens is 313 g/mol. The number of rotatable bonds is 4. The van der Waals surface area contributed by atoms with Gasteiger partial charge < -0.3 is 15.8 Å². The number of nitrogens with zero attached hydrogens (tertiary/aromatic N) is 1. The average Bonchev–Trinajstić information content (AvgIpc) is 2.40. The van der Waals surface area contributed by atoms with E-state index < -0.39 is 5.97 Å². The number of hydrogen-bond donors (Lipinski definition) is 2. The van der Waals surface area contributed by atoms with Crippen molar-refractivity contribution in [3.63, 3.8) is 0 Å². The van der Waals surface area contributed by atoms with Gasteiger partial charge in [-0.05, 0) is 31.2 Å². The molecule has 1 heterocycles. The van der Waals surface area contributed by atoms with Crippen LogP contribution in [0, 0.1) is 0 Å². The van der Waals surface area contributed by atoms with Gasteiger partial charge in [-0.2, -0.15) is 0 Å². The van der Waals surface area contributed by atoms with Crippen LogP contribution in [0.1, 0.15) is 17.3 Å². The van der Waals surface area contributed by atoms with E-state index in [1.165, 1.54) is 12.3 Å². The predicted molar refractivity (Wildman–Crippen MR) is 84.4 cm³/mol. The first-order chi connectivity index (χ1) is 10.0. The van der Waals surface area contributed by atoms with E-state index >= 15 is 0 Å². The van der Waals surface area contributed by atoms with Gasteiger partial charge in [0.05, 0.1) is 17.9 Å². The highest BCUT2D eigenvalue weighted by Gasteiger charge is 2.14. The third kappa shape index (κ3) is 3.77. The van der Waals surface area contributed by atoms with Crippen LogP contribution in [0.5, 0.6) is 0 Å². The summed E-state index contributed by atoms with van der Waals surface area (Å²) in [5.74, 6) is -0.163. The van der Waals surface area contributed by atoms with Crippen LogP contribution < -0.4 is 11.1 Å². The zero-order valence-electron chi connectivity index (χ0n) is 11.2. The molecule has 0 unspecified atom stereocenters. The summed E-state index contributed by atoms with van der Waals surface area (Å²) in [5.41, 5.74) is 7.02. The summed E-state index contributed by atoms with van der Waals surface area (Å²) < 4.78 is 4.94. The summed E-state index contributed by atoms with van der Waals surface area (Å²) in [6.45, 7) is 2.00. The number of benzene rings is 1. The molecule has 7 heteroatoms. The summed E-state index contributed by atoms with van der Waals surface area (Å²) in [6, 6.07) is 6.46. The quantitative estimate of drug-likeness (QED) is 0.834. The van der Waals surface area contributed by atoms with Crippen molar-refractivity contribution >= 4 is 46.4 Å². The first-order valence-corrected chi connectivity index (χ1v) is 6.91. The zero-order valence-corrected chi connectivity index (χ0v) is 12.7. The number of esters is 1. The Labute approximate surface area is 132 Å². The van der Waals surface area contributed by atoms with Gasteiger partial charge in [0.15, 0.2) is 5.82 Å². The Hall–Kier alpha value is -1.98. The first-order valence-electron chi connectivity index (χ1n) is 6.16. The Balaban J connectivity index is 2.32. The molecule has 0 fully saturated rings. The van der Waals surface area contributed by atoms with Crippen LogP contribution in [0.4, 0.5) is 17.2 Å². The Morgan fingerprint density at radius 3 is 2.62 bits per heavy atom. The van der Waals surface area contributed by atoms with Gasteiger partial charge in [0.25, 0.3) is 0 Å². The third-order valence-electron chi connectivity index (χ3n) is 2.61. The fourth-order valence-electron chi connectivity index (χ4n) is 1.72. The van der Waals surface area contributed by atoms with Crippen LogP contribution >= 0.6 is 23.2 Å². The number of nitrogens with two attached hydrogens (primary N) is 1. The van der Waals surface area contributed by atoms with E-state index in [0.29, 0.717) is 21.6 Å². The van der Waals surface area contributed by atoms with Crippen LogP contribution in [0.15, 0.2) is 30.5 Å². The molecular formula is C14H13Cl2N3O2. The maximum Gasteiger partial charge on any atom is 0.340 e. The lowest BCUT2D eigenvalue weighted by atomic mass is 10.2. The summed E-state index contributed by atoms with van der Waals surface area (Å²) >= 11 is 11.9. The minimum atomic E-state index is -0.496. The number of carbonyl (C=O) groups excluding carboxylic acids is 1. The van der Waals surface area contributed by atoms with Gasteiger partial charge in [-0.15, -0.1) is 0 Å². The molecule has 21 heavy (non-hydrogen) atoms. The van der Waals surface area contributed by atoms with E-state index in [0.717, 1.165) is 0 Å². The smallest absolute Gasteiger partial charge is 0.340 e. The summed E-state index contributed by atoms with van der Waals surface area (Å²) in [5, 5.41) is 3.93. The molecule has 0 saturated carbocycles. The van der Waals surface area contributed by atoms with Crippen molar-refractivity contribution < 1.29 is 9.53 Å². The largest absolute Gasteiger partial charge is 0.462 e. The Kier molecular flexibility index (Phi) is 4.88. The number of halogens is 2. The van der Waals surface area contributed by atoms with Gasteiger partial charge in [-0.1, -0.05) is 23.2 Å². The highest BCUT2D eigenvalue weighted by atomic mass is 35.5. The van der Waals surface area contributed by atoms with Gasteiger partial charge in [0.1, 0.15) is 0 Å². The number of nitrogen functional groups attached to an aromatic ring is 1. The molecule has 0 aliphatic heterocycles. The molecule has 0 bridgehead atoms. The topological polar surface area (TPSA) is 77.2 Å². The van der Waals surface area contributed by atoms with Crippen LogP contribution in [-0.4, -0.2) is 17.6 Å². The number of aromatic nitrogens is 1. The molecule has 2 rings (SSSR count). The minimum absolute atomic E-state index is 0.201. The predicted octanol–water partition coefficient (Wildman–Crippen LogP) is 3.89. The minimum Gasteiger partial charge on any atom is -0.462 e. The number of hydrogen-bond acceptors (Lipinski definition) is 5. The Morgan fingerprint density at radius 2 is 2.00 bits per heavy atom. The SMILES string of the molecule is CCOC(=O)c1ccnc(Nc2cc(Cl)cc(Cl)c2)c1N. The van der Waals surface area contributed by atoms with Crippen molar-refractivity contribution in [1.82, 2.24) is 4.98 Å². The molecule has 110 valence electrons. The fraction of sp³-hybridized carbons (Fsp3) is 0.143. The van der Waals surface area contributed by atoms with E-state index in [2.05, 4.69) is 10.3 Å². The second-order valence-corrected chi connectivity index (χ2v) is 5.00. The van der Waals surface area contributed by atoms with Crippen LogP contribution in [0.25, 0.3) is 0 Å². The van der Waals surface area contributed by atoms with Crippen molar-refractivity contribution in [2.75, 3.05) is 17.7 Å². The van der Waals surface area contributed by atoms with Crippen molar-refractivity contribution in [3.05, 3.63) is 46.1 Å². The van der Waals surface area contributed by atoms with Crippen LogP contribution in [0.3, 0.4) is 0 Å². The normalized spacial score (nSPS) is 10.2. The van der Waals surface area contributed by atoms with Crippen LogP contribution in [0.2, 0.25) is 10.0 Å². The van der Waals surface area contributed by atoms with Gasteiger partial charge in [0.2, 0.25) is 0 Å². The molecule has 3 N–H and O–H groups in total. The van der Waals surface area contributed by atoms with Crippen molar-refractivity contribution in [3.8, 4) is 0 Å². The lowest BCUT2D eigenvalue weighted by Crippen LogP contribution is -2.10. The van der Waals surface area contributed by atoms with Crippen LogP contribution in [-0.2, 0) is 4.74 Å². The lowest BCUT2D eigenvalue weighted by molar-refractivity contribution is 0.0527. The van der Waals surface area contributed by atoms with Crippen molar-refractivity contribution in [2.24, 2.45) is 0 Å². The zero-order chi connectivity index (χ0) is 15.4. The Bertz CT molecular complexity index is 657. The molecule has 0 amide bonds. The number of anilines is 3. The highest BCUT2D eigenvalue weighted by Crippen LogP contribution is 2.28. The van der Waals surface area contributed by atoms with E-state index in [4.69, 9.17) is 33.7 Å². The van der Waals surface area contributed by atoms with Gasteiger partial charge in [-0.25, -0.2) is 9.78 Å². The number of ether oxygens (including phenoxy) is 1. The number of carbonyl (C=O) groups is 1. The molecule has 0 radical (unpaired) electrons. The number of nitrogens with one attached hydrogen (secondary N) is 1. The van der Waals surface area contributed by atoms with E-state index in [-0.39, 0.29) is 17.9 Å². The first kappa shape index (κ1) is 15.4. The van der Waals surface area contributed by atoms with Crippen molar-refractivity contribution in [2.45, 2.75) is 6.92 Å². The average molecular weight is 326 g/mol. The molecule has 0 aliphatic rings. The van der Waals surface area contributed by atoms with Gasteiger partial charge in [-0.3, -0.25) is 0 Å². The second-order valence-electron chi connectivity index (χ2n) is 4.12. The summed E-state index contributed by atoms with van der Waals surface area (Å²) in [7, 11) is 0. The maximum absolute atomic E-state index is 11.8. The van der Waals surface area contributed by atoms with E-state index in [1.54, 1.807) is 25.1 Å². The van der Waals surface area contributed by atoms with Gasteiger partial charge >= 0.3 is 5.97 Å². The Morgan fingerprint density at radius 1 is 1.33 bits per heavy atom. The number of pyridine rings is 1. The molecule has 0 saturated heterocycles. The summed E-state index contributed by atoms with van der Waals surface area (Å²) in [6.07, 6.45) is 1.47. The molecule has 0 atom stereocenters. The highest BCUT2D eigenvalue weighted by molar-refractivity contribution is 6.35. The molecule has 0 spiro atoms. The van der Waals surface area contributed by atoms with Crippen molar-refractivity contribution in [1.29, 1.82) is 0 Å². The third-order valence-corrected chi connectivity index (χ3v) is 3.05. The fourth-order valence-corrected chi connectivity index (χ4v) is 2.25. The lowest BCUT2D eigenvalue weighted by Gasteiger charge is -2.11. The van der Waals surface area contributed by atoms with E-state index in [1.807, 2.05) is 0 Å². The molecule has 1 aromatic carbocycles. The molecule has 2 aromatic rings. The second kappa shape index (κ2) is 6.65. The molecule has 1 aromatic heterocycles. The molecule has 0 aliphatic carbocycles.